The van der Waals surface area contributed by atoms with Crippen LogP contribution in [0.4, 0.5) is 4.79 Å². The number of likely N-dealkylation sites (tertiary alicyclic amines) is 1. The van der Waals surface area contributed by atoms with Crippen LogP contribution in [0, 0.1) is 0 Å². The van der Waals surface area contributed by atoms with Gasteiger partial charge in [-0.3, -0.25) is 4.90 Å². The van der Waals surface area contributed by atoms with Gasteiger partial charge in [0.1, 0.15) is 5.60 Å². The van der Waals surface area contributed by atoms with E-state index in [1.54, 1.807) is 0 Å². The summed E-state index contributed by atoms with van der Waals surface area (Å²) >= 11 is 0. The zero-order valence-corrected chi connectivity index (χ0v) is 14.4. The molecule has 5 heteroatoms. The number of aromatic nitrogens is 1. The Bertz CT molecular complexity index is 479. The number of carbonyl (C=O) groups excluding carboxylic acids is 1. The van der Waals surface area contributed by atoms with Crippen molar-refractivity contribution in [3.05, 3.63) is 24.0 Å². The summed E-state index contributed by atoms with van der Waals surface area (Å²) < 4.78 is 5.50. The highest BCUT2D eigenvalue weighted by atomic mass is 16.6. The number of hydrogen-bond donors (Lipinski definition) is 1. The topological polar surface area (TPSA) is 48.6 Å². The lowest BCUT2D eigenvalue weighted by molar-refractivity contribution is 0.00961. The summed E-state index contributed by atoms with van der Waals surface area (Å²) in [5, 5.41) is 0. The Balaban J connectivity index is 1.96. The molecule has 0 aliphatic carbocycles. The molecule has 5 nitrogen and oxygen atoms in total. The molecule has 22 heavy (non-hydrogen) atoms. The number of nitrogens with zero attached hydrogens (tertiary/aromatic N) is 2. The molecule has 1 aliphatic rings. The number of ether oxygens (including phenoxy) is 1. The predicted molar refractivity (Wildman–Crippen MR) is 87.8 cm³/mol. The Morgan fingerprint density at radius 3 is 2.82 bits per heavy atom. The summed E-state index contributed by atoms with van der Waals surface area (Å²) in [6.45, 7) is 9.44. The Hall–Kier alpha value is -1.49. The second-order valence-electron chi connectivity index (χ2n) is 7.19. The summed E-state index contributed by atoms with van der Waals surface area (Å²) in [6.07, 6.45) is 3.89. The molecule has 0 saturated carbocycles. The summed E-state index contributed by atoms with van der Waals surface area (Å²) in [7, 11) is 2.13. The number of likely N-dealkylation sites (N-methyl/N-ethyl adjacent to an activating group) is 1. The maximum atomic E-state index is 12.3. The van der Waals surface area contributed by atoms with Gasteiger partial charge in [-0.25, -0.2) is 4.79 Å². The van der Waals surface area contributed by atoms with Crippen LogP contribution < -0.4 is 0 Å². The van der Waals surface area contributed by atoms with Crippen molar-refractivity contribution >= 4 is 6.09 Å². The highest BCUT2D eigenvalue weighted by Crippen LogP contribution is 2.25. The minimum absolute atomic E-state index is 0.196. The lowest BCUT2D eigenvalue weighted by Gasteiger charge is -2.40. The Kier molecular flexibility index (Phi) is 5.16. The molecule has 1 saturated heterocycles. The monoisotopic (exact) mass is 307 g/mol. The van der Waals surface area contributed by atoms with E-state index in [-0.39, 0.29) is 6.09 Å². The van der Waals surface area contributed by atoms with Crippen LogP contribution in [0.25, 0.3) is 0 Å². The largest absolute Gasteiger partial charge is 0.444 e. The number of H-pyrrole nitrogens is 1. The molecule has 1 aromatic heterocycles. The van der Waals surface area contributed by atoms with E-state index >= 15 is 0 Å². The number of rotatable bonds is 3. The van der Waals surface area contributed by atoms with Gasteiger partial charge >= 0.3 is 6.09 Å². The van der Waals surface area contributed by atoms with Crippen LogP contribution in [0.15, 0.2) is 18.3 Å². The first-order valence-electron chi connectivity index (χ1n) is 8.11. The zero-order chi connectivity index (χ0) is 16.3. The first-order chi connectivity index (χ1) is 10.3. The van der Waals surface area contributed by atoms with E-state index in [0.29, 0.717) is 12.1 Å². The number of nitrogens with one attached hydrogen (secondary N) is 1. The molecule has 1 amide bonds. The van der Waals surface area contributed by atoms with Crippen molar-refractivity contribution in [2.24, 2.45) is 0 Å². The van der Waals surface area contributed by atoms with Crippen molar-refractivity contribution in [2.45, 2.75) is 58.2 Å². The van der Waals surface area contributed by atoms with Gasteiger partial charge in [-0.1, -0.05) is 0 Å². The fourth-order valence-corrected chi connectivity index (χ4v) is 2.92. The van der Waals surface area contributed by atoms with Crippen LogP contribution in [-0.2, 0) is 4.74 Å². The van der Waals surface area contributed by atoms with Crippen molar-refractivity contribution < 1.29 is 9.53 Å². The van der Waals surface area contributed by atoms with E-state index < -0.39 is 5.60 Å². The molecule has 2 rings (SSSR count). The van der Waals surface area contributed by atoms with Crippen LogP contribution in [-0.4, -0.2) is 52.7 Å². The minimum Gasteiger partial charge on any atom is -0.444 e. The normalized spacial score (nSPS) is 21.0. The smallest absolute Gasteiger partial charge is 0.410 e. The molecule has 2 unspecified atom stereocenters. The fourth-order valence-electron chi connectivity index (χ4n) is 2.92. The number of piperidine rings is 1. The van der Waals surface area contributed by atoms with E-state index in [0.717, 1.165) is 25.9 Å². The summed E-state index contributed by atoms with van der Waals surface area (Å²) in [5.41, 5.74) is 0.768. The first kappa shape index (κ1) is 16.9. The van der Waals surface area contributed by atoms with Crippen molar-refractivity contribution in [3.63, 3.8) is 0 Å². The van der Waals surface area contributed by atoms with E-state index in [1.165, 1.54) is 5.69 Å². The van der Waals surface area contributed by atoms with Gasteiger partial charge in [-0.2, -0.15) is 0 Å². The van der Waals surface area contributed by atoms with E-state index in [1.807, 2.05) is 37.9 Å². The van der Waals surface area contributed by atoms with Gasteiger partial charge in [-0.15, -0.1) is 0 Å². The molecule has 0 bridgehead atoms. The maximum Gasteiger partial charge on any atom is 0.410 e. The second-order valence-corrected chi connectivity index (χ2v) is 7.19. The molecule has 2 atom stereocenters. The lowest BCUT2D eigenvalue weighted by atomic mass is 10.0. The molecule has 1 fully saturated rings. The highest BCUT2D eigenvalue weighted by Gasteiger charge is 2.31. The third-order valence-corrected chi connectivity index (χ3v) is 4.31. The Morgan fingerprint density at radius 1 is 1.50 bits per heavy atom. The molecule has 1 aromatic rings. The number of aromatic amines is 1. The highest BCUT2D eigenvalue weighted by molar-refractivity contribution is 5.68. The van der Waals surface area contributed by atoms with Crippen LogP contribution >= 0.6 is 0 Å². The average molecular weight is 307 g/mol. The standard InChI is InChI=1S/C17H29N3O2/c1-13(15-9-6-10-18-15)19(5)14-8-7-11-20(12-14)16(21)22-17(2,3)4/h6,9-10,13-14,18H,7-8,11-12H2,1-5H3. The maximum absolute atomic E-state index is 12.3. The van der Waals surface area contributed by atoms with Crippen LogP contribution in [0.1, 0.15) is 52.3 Å². The zero-order valence-electron chi connectivity index (χ0n) is 14.4. The van der Waals surface area contributed by atoms with Crippen LogP contribution in [0.3, 0.4) is 0 Å². The van der Waals surface area contributed by atoms with Crippen LogP contribution in [0.2, 0.25) is 0 Å². The molecular formula is C17H29N3O2. The van der Waals surface area contributed by atoms with E-state index in [4.69, 9.17) is 4.74 Å². The third-order valence-electron chi connectivity index (χ3n) is 4.31. The molecule has 2 heterocycles. The SMILES string of the molecule is CC(c1ccc[nH]1)N(C)C1CCCN(C(=O)OC(C)(C)C)C1. The second kappa shape index (κ2) is 6.73. The van der Waals surface area contributed by atoms with Gasteiger partial charge < -0.3 is 14.6 Å². The average Bonchev–Trinajstić information content (AvgIpc) is 2.98. The molecule has 0 radical (unpaired) electrons. The predicted octanol–water partition coefficient (Wildman–Crippen LogP) is 3.41. The Morgan fingerprint density at radius 2 is 2.23 bits per heavy atom. The number of amides is 1. The van der Waals surface area contributed by atoms with Crippen molar-refractivity contribution in [1.29, 1.82) is 0 Å². The molecule has 1 aliphatic heterocycles. The number of hydrogen-bond acceptors (Lipinski definition) is 3. The van der Waals surface area contributed by atoms with Crippen LogP contribution in [0.5, 0.6) is 0 Å². The van der Waals surface area contributed by atoms with Gasteiger partial charge in [0.2, 0.25) is 0 Å². The molecule has 1 N–H and O–H groups in total. The van der Waals surface area contributed by atoms with Gasteiger partial charge in [0.15, 0.2) is 0 Å². The van der Waals surface area contributed by atoms with Gasteiger partial charge in [0.05, 0.1) is 0 Å². The molecular weight excluding hydrogens is 278 g/mol. The Labute approximate surface area is 133 Å². The fraction of sp³-hybridized carbons (Fsp3) is 0.706. The molecule has 0 aromatic carbocycles. The van der Waals surface area contributed by atoms with E-state index in [9.17, 15) is 4.79 Å². The minimum atomic E-state index is -0.437. The van der Waals surface area contributed by atoms with Gasteiger partial charge in [0.25, 0.3) is 0 Å². The quantitative estimate of drug-likeness (QED) is 0.931. The third kappa shape index (κ3) is 4.26. The molecule has 124 valence electrons. The first-order valence-corrected chi connectivity index (χ1v) is 8.11. The summed E-state index contributed by atoms with van der Waals surface area (Å²) in [5.74, 6) is 0. The summed E-state index contributed by atoms with van der Waals surface area (Å²) in [4.78, 5) is 19.7. The lowest BCUT2D eigenvalue weighted by Crippen LogP contribution is -2.50. The van der Waals surface area contributed by atoms with Gasteiger partial charge in [0, 0.05) is 37.1 Å². The summed E-state index contributed by atoms with van der Waals surface area (Å²) in [6, 6.07) is 4.79. The van der Waals surface area contributed by atoms with Crippen molar-refractivity contribution in [1.82, 2.24) is 14.8 Å². The van der Waals surface area contributed by atoms with E-state index in [2.05, 4.69) is 29.9 Å². The van der Waals surface area contributed by atoms with Gasteiger partial charge in [-0.05, 0) is 59.7 Å². The number of carbonyl (C=O) groups is 1. The molecule has 0 spiro atoms. The van der Waals surface area contributed by atoms with Crippen molar-refractivity contribution in [3.8, 4) is 0 Å². The van der Waals surface area contributed by atoms with Crippen molar-refractivity contribution in [2.75, 3.05) is 20.1 Å².